The van der Waals surface area contributed by atoms with Gasteiger partial charge in [-0.05, 0) is 53.9 Å². The van der Waals surface area contributed by atoms with E-state index in [2.05, 4.69) is 5.32 Å². The van der Waals surface area contributed by atoms with Gasteiger partial charge in [-0.15, -0.1) is 0 Å². The zero-order chi connectivity index (χ0) is 19.9. The highest BCUT2D eigenvalue weighted by Gasteiger charge is 2.30. The van der Waals surface area contributed by atoms with Gasteiger partial charge in [0, 0.05) is 31.2 Å². The van der Waals surface area contributed by atoms with E-state index in [1.807, 2.05) is 11.8 Å². The molecule has 0 aliphatic carbocycles. The molecule has 1 rings (SSSR count). The smallest absolute Gasteiger partial charge is 0.409 e. The first-order valence-electron chi connectivity index (χ1n) is 9.12. The maximum atomic E-state index is 12.1. The highest BCUT2D eigenvalue weighted by molar-refractivity contribution is 5.69. The molecule has 0 saturated carbocycles. The van der Waals surface area contributed by atoms with Crippen molar-refractivity contribution in [3.63, 3.8) is 0 Å². The molecule has 3 atom stereocenters. The molecule has 1 heterocycles. The third-order valence-corrected chi connectivity index (χ3v) is 4.39. The van der Waals surface area contributed by atoms with E-state index in [0.29, 0.717) is 19.5 Å². The van der Waals surface area contributed by atoms with E-state index in [4.69, 9.17) is 9.47 Å². The molecule has 3 unspecified atom stereocenters. The molecule has 150 valence electrons. The number of hydrogen-bond donors (Lipinski definition) is 1. The Kier molecular flexibility index (Phi) is 8.17. The average Bonchev–Trinajstić information content (AvgIpc) is 2.88. The van der Waals surface area contributed by atoms with Gasteiger partial charge in [0.05, 0.1) is 7.11 Å². The van der Waals surface area contributed by atoms with Gasteiger partial charge in [-0.1, -0.05) is 0 Å². The van der Waals surface area contributed by atoms with Gasteiger partial charge in [0.1, 0.15) is 5.60 Å². The molecule has 1 aliphatic rings. The van der Waals surface area contributed by atoms with Crippen LogP contribution in [0.5, 0.6) is 0 Å². The molecule has 3 amide bonds. The number of carbonyl (C=O) groups is 3. The first-order valence-corrected chi connectivity index (χ1v) is 9.12. The van der Waals surface area contributed by atoms with Gasteiger partial charge in [-0.2, -0.15) is 0 Å². The lowest BCUT2D eigenvalue weighted by Crippen LogP contribution is -2.47. The van der Waals surface area contributed by atoms with Crippen LogP contribution in [0.1, 0.15) is 53.9 Å². The monoisotopic (exact) mass is 371 g/mol. The fourth-order valence-corrected chi connectivity index (χ4v) is 3.15. The summed E-state index contributed by atoms with van der Waals surface area (Å²) in [7, 11) is 1.33. The van der Waals surface area contributed by atoms with E-state index in [1.54, 1.807) is 32.6 Å². The Morgan fingerprint density at radius 2 is 2.00 bits per heavy atom. The van der Waals surface area contributed by atoms with Crippen LogP contribution < -0.4 is 5.32 Å². The normalized spacial score (nSPS) is 21.1. The number of ether oxygens (including phenoxy) is 2. The van der Waals surface area contributed by atoms with Crippen LogP contribution in [0.3, 0.4) is 0 Å². The molecule has 26 heavy (non-hydrogen) atoms. The lowest BCUT2D eigenvalue weighted by molar-refractivity contribution is -0.120. The summed E-state index contributed by atoms with van der Waals surface area (Å²) >= 11 is 0. The lowest BCUT2D eigenvalue weighted by atomic mass is 10.1. The van der Waals surface area contributed by atoms with Crippen LogP contribution in [0.25, 0.3) is 0 Å². The molecule has 1 saturated heterocycles. The van der Waals surface area contributed by atoms with Crippen LogP contribution in [0.15, 0.2) is 0 Å². The molecular weight excluding hydrogens is 338 g/mol. The summed E-state index contributed by atoms with van der Waals surface area (Å²) in [5, 5.41) is 2.72. The summed E-state index contributed by atoms with van der Waals surface area (Å²) in [6.45, 7) is 9.96. The lowest BCUT2D eigenvalue weighted by Gasteiger charge is -2.29. The predicted octanol–water partition coefficient (Wildman–Crippen LogP) is 2.37. The van der Waals surface area contributed by atoms with Crippen molar-refractivity contribution >= 4 is 18.6 Å². The summed E-state index contributed by atoms with van der Waals surface area (Å²) in [5.41, 5.74) is -0.580. The quantitative estimate of drug-likeness (QED) is 0.694. The van der Waals surface area contributed by atoms with Crippen LogP contribution in [0.4, 0.5) is 9.59 Å². The molecule has 0 spiro atoms. The van der Waals surface area contributed by atoms with Crippen LogP contribution in [-0.4, -0.2) is 72.3 Å². The second kappa shape index (κ2) is 9.64. The number of rotatable bonds is 7. The molecule has 1 aliphatic heterocycles. The van der Waals surface area contributed by atoms with Crippen molar-refractivity contribution < 1.29 is 23.9 Å². The maximum Gasteiger partial charge on any atom is 0.409 e. The molecule has 8 heteroatoms. The number of likely N-dealkylation sites (tertiary alicyclic amines) is 1. The van der Waals surface area contributed by atoms with Crippen LogP contribution >= 0.6 is 0 Å². The minimum Gasteiger partial charge on any atom is -0.453 e. The van der Waals surface area contributed by atoms with Gasteiger partial charge < -0.3 is 24.6 Å². The second-order valence-electron chi connectivity index (χ2n) is 7.88. The summed E-state index contributed by atoms with van der Waals surface area (Å²) in [6.07, 6.45) is 2.49. The fraction of sp³-hybridized carbons (Fsp3) is 0.833. The molecular formula is C18H33N3O5. The van der Waals surface area contributed by atoms with E-state index >= 15 is 0 Å². The van der Waals surface area contributed by atoms with Crippen molar-refractivity contribution in [3.8, 4) is 0 Å². The summed E-state index contributed by atoms with van der Waals surface area (Å²) < 4.78 is 10.1. The SMILES string of the molecule is COC(=O)N(CCC1CCC(C)N1C=O)CC(C)NC(=O)OC(C)(C)C. The molecule has 0 radical (unpaired) electrons. The average molecular weight is 371 g/mol. The first kappa shape index (κ1) is 22.1. The number of amides is 3. The van der Waals surface area contributed by atoms with E-state index in [9.17, 15) is 14.4 Å². The van der Waals surface area contributed by atoms with Crippen LogP contribution in [-0.2, 0) is 14.3 Å². The molecule has 0 bridgehead atoms. The second-order valence-corrected chi connectivity index (χ2v) is 7.88. The standard InChI is InChI=1S/C18H33N3O5/c1-13(19-16(23)26-18(3,4)5)11-20(17(24)25-6)10-9-15-8-7-14(2)21(15)12-22/h12-15H,7-11H2,1-6H3,(H,19,23). The zero-order valence-corrected chi connectivity index (χ0v) is 16.8. The maximum absolute atomic E-state index is 12.1. The van der Waals surface area contributed by atoms with Crippen molar-refractivity contribution in [2.45, 2.75) is 77.6 Å². The van der Waals surface area contributed by atoms with Gasteiger partial charge in [0.15, 0.2) is 0 Å². The van der Waals surface area contributed by atoms with Crippen LogP contribution in [0.2, 0.25) is 0 Å². The molecule has 0 aromatic heterocycles. The molecule has 0 aromatic carbocycles. The van der Waals surface area contributed by atoms with E-state index in [0.717, 1.165) is 19.3 Å². The topological polar surface area (TPSA) is 88.2 Å². The first-order chi connectivity index (χ1) is 12.1. The number of methoxy groups -OCH3 is 1. The van der Waals surface area contributed by atoms with Gasteiger partial charge in [-0.3, -0.25) is 4.79 Å². The summed E-state index contributed by atoms with van der Waals surface area (Å²) in [4.78, 5) is 38.5. The minimum atomic E-state index is -0.580. The van der Waals surface area contributed by atoms with Crippen LogP contribution in [0, 0.1) is 0 Å². The van der Waals surface area contributed by atoms with Gasteiger partial charge >= 0.3 is 12.2 Å². The molecule has 1 fully saturated rings. The van der Waals surface area contributed by atoms with Gasteiger partial charge in [0.25, 0.3) is 0 Å². The highest BCUT2D eigenvalue weighted by atomic mass is 16.6. The third kappa shape index (κ3) is 7.09. The Bertz CT molecular complexity index is 492. The van der Waals surface area contributed by atoms with Gasteiger partial charge in [0.2, 0.25) is 6.41 Å². The number of nitrogens with zero attached hydrogens (tertiary/aromatic N) is 2. The third-order valence-electron chi connectivity index (χ3n) is 4.39. The van der Waals surface area contributed by atoms with Crippen molar-refractivity contribution in [2.75, 3.05) is 20.2 Å². The van der Waals surface area contributed by atoms with Crippen molar-refractivity contribution in [1.82, 2.24) is 15.1 Å². The molecule has 1 N–H and O–H groups in total. The molecule has 0 aromatic rings. The summed E-state index contributed by atoms with van der Waals surface area (Å²) in [6, 6.07) is 0.0641. The van der Waals surface area contributed by atoms with Crippen molar-refractivity contribution in [1.29, 1.82) is 0 Å². The molecule has 8 nitrogen and oxygen atoms in total. The van der Waals surface area contributed by atoms with E-state index < -0.39 is 17.8 Å². The predicted molar refractivity (Wildman–Crippen MR) is 97.8 cm³/mol. The largest absolute Gasteiger partial charge is 0.453 e. The Balaban J connectivity index is 2.57. The van der Waals surface area contributed by atoms with E-state index in [-0.39, 0.29) is 18.1 Å². The summed E-state index contributed by atoms with van der Waals surface area (Å²) in [5.74, 6) is 0. The van der Waals surface area contributed by atoms with Crippen molar-refractivity contribution in [2.24, 2.45) is 0 Å². The number of carbonyl (C=O) groups excluding carboxylic acids is 3. The number of hydrogen-bond acceptors (Lipinski definition) is 5. The fourth-order valence-electron chi connectivity index (χ4n) is 3.15. The Hall–Kier alpha value is -1.99. The number of alkyl carbamates (subject to hydrolysis) is 1. The number of nitrogens with one attached hydrogen (secondary N) is 1. The van der Waals surface area contributed by atoms with Gasteiger partial charge in [-0.25, -0.2) is 9.59 Å². The van der Waals surface area contributed by atoms with E-state index in [1.165, 1.54) is 7.11 Å². The van der Waals surface area contributed by atoms with Crippen molar-refractivity contribution in [3.05, 3.63) is 0 Å². The Morgan fingerprint density at radius 1 is 1.35 bits per heavy atom. The Labute approximate surface area is 156 Å². The highest BCUT2D eigenvalue weighted by Crippen LogP contribution is 2.24. The Morgan fingerprint density at radius 3 is 2.54 bits per heavy atom. The zero-order valence-electron chi connectivity index (χ0n) is 16.8. The minimum absolute atomic E-state index is 0.128.